The Kier molecular flexibility index (Phi) is 6.02. The summed E-state index contributed by atoms with van der Waals surface area (Å²) in [7, 11) is -1.24. The molecule has 5 N–H and O–H groups in total. The van der Waals surface area contributed by atoms with Gasteiger partial charge in [-0.05, 0) is 19.1 Å². The van der Waals surface area contributed by atoms with Gasteiger partial charge in [-0.15, -0.1) is 0 Å². The second kappa shape index (κ2) is 7.92. The lowest BCUT2D eigenvalue weighted by Gasteiger charge is -2.08. The summed E-state index contributed by atoms with van der Waals surface area (Å²) in [5.41, 5.74) is 17.0. The first kappa shape index (κ1) is 21.3. The largest absolute Gasteiger partial charge is 0.759 e. The van der Waals surface area contributed by atoms with E-state index < -0.39 is 10.4 Å². The molecule has 0 radical (unpaired) electrons. The molecule has 0 saturated heterocycles. The summed E-state index contributed by atoms with van der Waals surface area (Å²) in [4.78, 5) is 4.36. The van der Waals surface area contributed by atoms with Gasteiger partial charge in [-0.25, -0.2) is 4.57 Å². The van der Waals surface area contributed by atoms with E-state index in [9.17, 15) is 0 Å². The Bertz CT molecular complexity index is 1120. The summed E-state index contributed by atoms with van der Waals surface area (Å²) in [5, 5.41) is 4.31. The number of nitrogens with one attached hydrogen (secondary N) is 1. The van der Waals surface area contributed by atoms with Crippen LogP contribution in [0, 0.1) is 13.8 Å². The molecule has 0 amide bonds. The molecule has 11 heteroatoms. The van der Waals surface area contributed by atoms with Crippen molar-refractivity contribution in [3.05, 3.63) is 41.7 Å². The first-order valence-corrected chi connectivity index (χ1v) is 9.46. The molecule has 2 heterocycles. The van der Waals surface area contributed by atoms with E-state index in [0.717, 1.165) is 33.7 Å². The highest BCUT2D eigenvalue weighted by atomic mass is 32.3. The van der Waals surface area contributed by atoms with Crippen LogP contribution < -0.4 is 25.9 Å². The van der Waals surface area contributed by atoms with E-state index in [1.165, 1.54) is 0 Å². The molecule has 0 spiro atoms. The van der Waals surface area contributed by atoms with E-state index in [1.807, 2.05) is 56.8 Å². The van der Waals surface area contributed by atoms with Crippen molar-refractivity contribution in [3.63, 3.8) is 0 Å². The third-order valence-corrected chi connectivity index (χ3v) is 4.29. The van der Waals surface area contributed by atoms with E-state index in [-0.39, 0.29) is 0 Å². The number of nitrogen functional groups attached to an aromatic ring is 2. The van der Waals surface area contributed by atoms with Crippen molar-refractivity contribution in [1.29, 1.82) is 0 Å². The number of benzene rings is 1. The molecule has 1 aromatic carbocycles. The Morgan fingerprint density at radius 3 is 2.14 bits per heavy atom. The number of nitrogens with two attached hydrogens (primary N) is 2. The molecule has 0 saturated carbocycles. The number of hydrogen-bond acceptors (Lipinski definition) is 8. The second-order valence-electron chi connectivity index (χ2n) is 6.27. The summed E-state index contributed by atoms with van der Waals surface area (Å²) in [6.07, 6.45) is 0. The molecule has 0 unspecified atom stereocenters. The Labute approximate surface area is 163 Å². The van der Waals surface area contributed by atoms with Gasteiger partial charge in [0.2, 0.25) is 11.3 Å². The summed E-state index contributed by atoms with van der Waals surface area (Å²) >= 11 is 0. The van der Waals surface area contributed by atoms with Crippen molar-refractivity contribution in [3.8, 4) is 0 Å². The number of nitrogens with zero attached hydrogens (tertiary/aromatic N) is 3. The minimum atomic E-state index is -5.17. The second-order valence-corrected chi connectivity index (χ2v) is 7.08. The van der Waals surface area contributed by atoms with Crippen molar-refractivity contribution in [2.75, 3.05) is 16.8 Å². The van der Waals surface area contributed by atoms with Crippen LogP contribution in [0.5, 0.6) is 0 Å². The van der Waals surface area contributed by atoms with E-state index in [0.29, 0.717) is 11.8 Å². The van der Waals surface area contributed by atoms with Gasteiger partial charge >= 0.3 is 5.95 Å². The average molecular weight is 406 g/mol. The molecule has 0 aliphatic rings. The Hall–Kier alpha value is -3.02. The smallest absolute Gasteiger partial charge is 0.391 e. The monoisotopic (exact) mass is 406 g/mol. The van der Waals surface area contributed by atoms with E-state index in [2.05, 4.69) is 20.9 Å². The maximum absolute atomic E-state index is 8.52. The van der Waals surface area contributed by atoms with Crippen molar-refractivity contribution in [1.82, 2.24) is 4.98 Å². The van der Waals surface area contributed by atoms with Gasteiger partial charge in [-0.3, -0.25) is 14.2 Å². The number of fused-ring (bicyclic) bond motifs is 1. The fourth-order valence-corrected chi connectivity index (χ4v) is 2.65. The van der Waals surface area contributed by atoms with Crippen molar-refractivity contribution < 1.29 is 26.7 Å². The molecular weight excluding hydrogens is 384 g/mol. The highest BCUT2D eigenvalue weighted by molar-refractivity contribution is 7.79. The number of pyridine rings is 1. The first-order chi connectivity index (χ1) is 12.9. The number of anilines is 4. The van der Waals surface area contributed by atoms with Crippen molar-refractivity contribution in [2.45, 2.75) is 13.8 Å². The zero-order valence-corrected chi connectivity index (χ0v) is 16.7. The van der Waals surface area contributed by atoms with Crippen LogP contribution in [0.25, 0.3) is 10.9 Å². The topological polar surface area (TPSA) is 165 Å². The van der Waals surface area contributed by atoms with E-state index in [4.69, 9.17) is 29.0 Å². The van der Waals surface area contributed by atoms with Crippen LogP contribution in [0.3, 0.4) is 0 Å². The minimum absolute atomic E-state index is 0.467. The lowest BCUT2D eigenvalue weighted by atomic mass is 10.1. The van der Waals surface area contributed by atoms with Crippen molar-refractivity contribution >= 4 is 44.4 Å². The standard InChI is InChI=1S/C17H20N6.H2O4S/c1-10-7-14(18)13-9-12(5-6-15(13)22(10)3)20-16-8-11(2)23(4)17(19)21-16;1-5(2,3)4/h5-9,18H,1-4H3,(H2,19,20,21);(H2,1,2,3,4). The van der Waals surface area contributed by atoms with Crippen molar-refractivity contribution in [2.24, 2.45) is 14.1 Å². The zero-order valence-electron chi connectivity index (χ0n) is 15.9. The summed E-state index contributed by atoms with van der Waals surface area (Å²) in [6.45, 7) is 4.03. The average Bonchev–Trinajstić information content (AvgIpc) is 2.56. The molecule has 10 nitrogen and oxygen atoms in total. The fraction of sp³-hybridized carbons (Fsp3) is 0.235. The van der Waals surface area contributed by atoms with E-state index in [1.54, 1.807) is 0 Å². The number of hydrogen-bond donors (Lipinski definition) is 3. The molecule has 2 aromatic heterocycles. The van der Waals surface area contributed by atoms with Crippen LogP contribution in [0.1, 0.15) is 11.4 Å². The zero-order chi connectivity index (χ0) is 21.2. The Morgan fingerprint density at radius 1 is 1.00 bits per heavy atom. The van der Waals surface area contributed by atoms with Crippen LogP contribution in [0.15, 0.2) is 30.3 Å². The molecule has 0 bridgehead atoms. The van der Waals surface area contributed by atoms with Crippen LogP contribution in [0.4, 0.5) is 23.1 Å². The lowest BCUT2D eigenvalue weighted by molar-refractivity contribution is -0.665. The van der Waals surface area contributed by atoms with Gasteiger partial charge in [-0.1, -0.05) is 4.98 Å². The highest BCUT2D eigenvalue weighted by Gasteiger charge is 2.14. The quantitative estimate of drug-likeness (QED) is 0.305. The Morgan fingerprint density at radius 2 is 1.57 bits per heavy atom. The minimum Gasteiger partial charge on any atom is -0.759 e. The molecule has 0 fully saturated rings. The summed E-state index contributed by atoms with van der Waals surface area (Å²) < 4.78 is 38.0. The first-order valence-electron chi connectivity index (χ1n) is 8.12. The van der Waals surface area contributed by atoms with Gasteiger partial charge in [0.25, 0.3) is 0 Å². The molecule has 3 rings (SSSR count). The van der Waals surface area contributed by atoms with Crippen LogP contribution in [-0.2, 0) is 24.5 Å². The molecular formula is C17H22N6O4S. The fourth-order valence-electron chi connectivity index (χ4n) is 2.65. The summed E-state index contributed by atoms with van der Waals surface area (Å²) in [6, 6.07) is 10.0. The molecule has 0 aliphatic carbocycles. The normalized spacial score (nSPS) is 11.1. The predicted octanol–water partition coefficient (Wildman–Crippen LogP) is 0.0706. The van der Waals surface area contributed by atoms with E-state index >= 15 is 0 Å². The van der Waals surface area contributed by atoms with Gasteiger partial charge < -0.3 is 20.2 Å². The lowest BCUT2D eigenvalue weighted by Crippen LogP contribution is -2.36. The molecule has 3 aromatic rings. The Balaban J connectivity index is 0.000000500. The number of rotatable bonds is 2. The third kappa shape index (κ3) is 5.25. The number of aryl methyl sites for hydroxylation is 3. The van der Waals surface area contributed by atoms with Gasteiger partial charge in [0.05, 0.1) is 23.8 Å². The predicted molar refractivity (Wildman–Crippen MR) is 103 cm³/mol. The van der Waals surface area contributed by atoms with Crippen LogP contribution in [0.2, 0.25) is 0 Å². The SMILES string of the molecule is Cc1cc(Nc2ccc3c(c2)c(N)cc(C)[n+]3C)nc(N)[n+]1C.O=S(=O)([O-])[O-]. The molecule has 0 atom stereocenters. The molecule has 150 valence electrons. The number of aromatic nitrogens is 3. The molecule has 0 aliphatic heterocycles. The molecule has 28 heavy (non-hydrogen) atoms. The van der Waals surface area contributed by atoms with Gasteiger partial charge in [0, 0.05) is 41.2 Å². The van der Waals surface area contributed by atoms with Gasteiger partial charge in [0.15, 0.2) is 5.69 Å². The maximum atomic E-state index is 8.52. The highest BCUT2D eigenvalue weighted by Crippen LogP contribution is 2.24. The van der Waals surface area contributed by atoms with Crippen LogP contribution >= 0.6 is 0 Å². The van der Waals surface area contributed by atoms with Gasteiger partial charge in [-0.2, -0.15) is 4.57 Å². The third-order valence-electron chi connectivity index (χ3n) is 4.29. The van der Waals surface area contributed by atoms with Gasteiger partial charge in [0.1, 0.15) is 7.05 Å². The van der Waals surface area contributed by atoms with Crippen LogP contribution in [-0.4, -0.2) is 22.5 Å². The summed E-state index contributed by atoms with van der Waals surface area (Å²) in [5.74, 6) is 1.18. The maximum Gasteiger partial charge on any atom is 0.391 e.